The minimum atomic E-state index is -0.452. The second-order valence-electron chi connectivity index (χ2n) is 7.93. The summed E-state index contributed by atoms with van der Waals surface area (Å²) in [6.45, 7) is 6.05. The van der Waals surface area contributed by atoms with Crippen LogP contribution in [0.5, 0.6) is 0 Å². The fourth-order valence-electron chi connectivity index (χ4n) is 3.72. The van der Waals surface area contributed by atoms with Gasteiger partial charge in [-0.15, -0.1) is 5.10 Å². The fraction of sp³-hybridized carbons (Fsp3) is 0.227. The van der Waals surface area contributed by atoms with Gasteiger partial charge in [0, 0.05) is 23.3 Å². The highest BCUT2D eigenvalue weighted by Crippen LogP contribution is 2.30. The van der Waals surface area contributed by atoms with Crippen LogP contribution in [0.1, 0.15) is 19.4 Å². The third-order valence-corrected chi connectivity index (χ3v) is 6.79. The molecule has 0 amide bonds. The highest BCUT2D eigenvalue weighted by molar-refractivity contribution is 14.2. The van der Waals surface area contributed by atoms with Gasteiger partial charge in [0.2, 0.25) is 0 Å². The lowest BCUT2D eigenvalue weighted by Crippen LogP contribution is -2.29. The predicted octanol–water partition coefficient (Wildman–Crippen LogP) is 4.98. The lowest BCUT2D eigenvalue weighted by atomic mass is 9.93. The molecule has 0 aliphatic heterocycles. The van der Waals surface area contributed by atoms with Crippen LogP contribution in [0.4, 0.5) is 0 Å². The average Bonchev–Trinajstić information content (AvgIpc) is 3.46. The number of fused-ring (bicyclic) bond motifs is 2. The molecule has 0 fully saturated rings. The predicted molar refractivity (Wildman–Crippen MR) is 135 cm³/mol. The van der Waals surface area contributed by atoms with Crippen molar-refractivity contribution in [3.8, 4) is 11.3 Å². The van der Waals surface area contributed by atoms with E-state index in [1.54, 1.807) is 0 Å². The third-order valence-electron chi connectivity index (χ3n) is 5.54. The Kier molecular flexibility index (Phi) is 5.88. The summed E-state index contributed by atoms with van der Waals surface area (Å²) in [5.41, 5.74) is 4.91. The lowest BCUT2D eigenvalue weighted by molar-refractivity contribution is 0.335. The minimum absolute atomic E-state index is 0.452. The highest BCUT2D eigenvalue weighted by atomic mass is 127. The Morgan fingerprint density at radius 3 is 2.88 bits per heavy atom. The Bertz CT molecular complexity index is 1400. The summed E-state index contributed by atoms with van der Waals surface area (Å²) in [5.74, 6) is 0. The van der Waals surface area contributed by atoms with Crippen molar-refractivity contribution in [3.63, 3.8) is 0 Å². The lowest BCUT2D eigenvalue weighted by Gasteiger charge is -2.26. The van der Waals surface area contributed by atoms with Gasteiger partial charge < -0.3 is 4.52 Å². The smallest absolute Gasteiger partial charge is 0.179 e. The summed E-state index contributed by atoms with van der Waals surface area (Å²) in [5, 5.41) is 14.4. The number of hydrogen-bond donors (Lipinski definition) is 0. The number of rotatable bonds is 7. The van der Waals surface area contributed by atoms with Gasteiger partial charge >= 0.3 is 0 Å². The fourth-order valence-corrected chi connectivity index (χ4v) is 4.55. The molecule has 5 rings (SSSR count). The Morgan fingerprint density at radius 2 is 2.00 bits per heavy atom. The van der Waals surface area contributed by atoms with Crippen LogP contribution >= 0.6 is 28.5 Å². The van der Waals surface area contributed by atoms with Crippen molar-refractivity contribution in [1.82, 2.24) is 34.7 Å². The van der Waals surface area contributed by atoms with Crippen LogP contribution in [-0.4, -0.2) is 41.3 Å². The van der Waals surface area contributed by atoms with Crippen LogP contribution in [0, 0.1) is 0 Å². The molecule has 0 aliphatic carbocycles. The van der Waals surface area contributed by atoms with Crippen molar-refractivity contribution in [3.05, 3.63) is 66.6 Å². The van der Waals surface area contributed by atoms with E-state index < -0.39 is 5.54 Å². The zero-order valence-corrected chi connectivity index (χ0v) is 20.8. The summed E-state index contributed by atoms with van der Waals surface area (Å²) >= 11 is 2.22. The van der Waals surface area contributed by atoms with Crippen LogP contribution in [0.2, 0.25) is 0 Å². The molecule has 4 heterocycles. The second kappa shape index (κ2) is 8.80. The third kappa shape index (κ3) is 4.00. The molecule has 0 radical (unpaired) electrons. The number of benzene rings is 1. The number of aromatic nitrogens is 7. The normalized spacial score (nSPS) is 12.5. The van der Waals surface area contributed by atoms with E-state index in [0.717, 1.165) is 38.9 Å². The maximum absolute atomic E-state index is 5.44. The van der Waals surface area contributed by atoms with Gasteiger partial charge in [0.25, 0.3) is 0 Å². The molecule has 1 atom stereocenters. The molecule has 0 spiro atoms. The SMILES string of the molecule is CC(C)(c1ccc2ncccc2c1)n1nnc2ccc(-c3cnn(CCOPI)c3)nc21. The van der Waals surface area contributed by atoms with Crippen molar-refractivity contribution in [1.29, 1.82) is 0 Å². The Balaban J connectivity index is 1.51. The zero-order valence-electron chi connectivity index (χ0n) is 17.6. The molecule has 8 nitrogen and oxygen atoms in total. The Morgan fingerprint density at radius 1 is 1.12 bits per heavy atom. The van der Waals surface area contributed by atoms with E-state index in [2.05, 4.69) is 74.5 Å². The molecular weight excluding hydrogens is 536 g/mol. The summed E-state index contributed by atoms with van der Waals surface area (Å²) < 4.78 is 9.20. The van der Waals surface area contributed by atoms with E-state index in [9.17, 15) is 0 Å². The monoisotopic (exact) mass is 557 g/mol. The molecule has 1 aromatic carbocycles. The zero-order chi connectivity index (χ0) is 22.1. The van der Waals surface area contributed by atoms with E-state index in [1.807, 2.05) is 52.2 Å². The van der Waals surface area contributed by atoms with Crippen LogP contribution < -0.4 is 0 Å². The highest BCUT2D eigenvalue weighted by Gasteiger charge is 2.27. The van der Waals surface area contributed by atoms with Crippen LogP contribution in [0.25, 0.3) is 33.3 Å². The van der Waals surface area contributed by atoms with Gasteiger partial charge in [-0.25, -0.2) is 9.67 Å². The first-order valence-electron chi connectivity index (χ1n) is 10.1. The summed E-state index contributed by atoms with van der Waals surface area (Å²) in [7, 11) is 0. The van der Waals surface area contributed by atoms with Gasteiger partial charge in [0.1, 0.15) is 5.52 Å². The van der Waals surface area contributed by atoms with Gasteiger partial charge in [-0.3, -0.25) is 9.67 Å². The second-order valence-corrected chi connectivity index (χ2v) is 9.69. The summed E-state index contributed by atoms with van der Waals surface area (Å²) in [4.78, 5) is 9.34. The van der Waals surface area contributed by atoms with Gasteiger partial charge in [-0.2, -0.15) is 5.10 Å². The molecule has 0 bridgehead atoms. The van der Waals surface area contributed by atoms with Crippen molar-refractivity contribution in [2.75, 3.05) is 6.61 Å². The van der Waals surface area contributed by atoms with Crippen molar-refractivity contribution < 1.29 is 4.52 Å². The van der Waals surface area contributed by atoms with E-state index in [1.165, 1.54) is 0 Å². The molecule has 5 aromatic rings. The van der Waals surface area contributed by atoms with Gasteiger partial charge in [0.15, 0.2) is 5.65 Å². The first kappa shape index (κ1) is 21.4. The molecular formula is C22H21IN7OP. The molecule has 0 aliphatic rings. The van der Waals surface area contributed by atoms with Crippen molar-refractivity contribution in [2.45, 2.75) is 25.9 Å². The largest absolute Gasteiger partial charge is 0.350 e. The van der Waals surface area contributed by atoms with Crippen LogP contribution in [0.15, 0.2) is 61.1 Å². The maximum atomic E-state index is 5.44. The molecule has 4 aromatic heterocycles. The molecule has 0 N–H and O–H groups in total. The summed E-state index contributed by atoms with van der Waals surface area (Å²) in [6.07, 6.45) is 5.63. The first-order valence-corrected chi connectivity index (χ1v) is 14.2. The van der Waals surface area contributed by atoms with Crippen molar-refractivity contribution >= 4 is 50.6 Å². The molecule has 0 saturated heterocycles. The van der Waals surface area contributed by atoms with E-state index in [4.69, 9.17) is 9.51 Å². The Hall–Kier alpha value is -2.49. The minimum Gasteiger partial charge on any atom is -0.350 e. The molecule has 32 heavy (non-hydrogen) atoms. The van der Waals surface area contributed by atoms with Gasteiger partial charge in [-0.05, 0) is 71.8 Å². The number of pyridine rings is 2. The van der Waals surface area contributed by atoms with Gasteiger partial charge in [-0.1, -0.05) is 17.3 Å². The molecule has 0 saturated carbocycles. The number of halogens is 1. The standard InChI is InChI=1S/C22H21IN7OP/c1-22(2,17-5-6-18-15(12-17)4-3-9-24-18)30-21-20(27-28-30)8-7-19(26-21)16-13-25-29(14-16)10-11-31-32-23/h3-9,12-14,32H,10-11H2,1-2H3. The van der Waals surface area contributed by atoms with E-state index in [-0.39, 0.29) is 0 Å². The number of nitrogens with zero attached hydrogens (tertiary/aromatic N) is 7. The van der Waals surface area contributed by atoms with Crippen LogP contribution in [0.3, 0.4) is 0 Å². The average molecular weight is 557 g/mol. The first-order chi connectivity index (χ1) is 15.6. The molecule has 162 valence electrons. The molecule has 10 heteroatoms. The van der Waals surface area contributed by atoms with E-state index >= 15 is 0 Å². The Labute approximate surface area is 199 Å². The quantitative estimate of drug-likeness (QED) is 0.160. The van der Waals surface area contributed by atoms with Crippen LogP contribution in [-0.2, 0) is 16.6 Å². The number of hydrogen-bond acceptors (Lipinski definition) is 6. The molecule has 1 unspecified atom stereocenters. The topological polar surface area (TPSA) is 83.5 Å². The van der Waals surface area contributed by atoms with E-state index in [0.29, 0.717) is 19.6 Å². The maximum Gasteiger partial charge on any atom is 0.179 e. The summed E-state index contributed by atoms with van der Waals surface area (Å²) in [6, 6.07) is 14.2. The van der Waals surface area contributed by atoms with Crippen molar-refractivity contribution in [2.24, 2.45) is 0 Å². The van der Waals surface area contributed by atoms with Gasteiger partial charge in [0.05, 0.1) is 42.5 Å².